The lowest BCUT2D eigenvalue weighted by Crippen LogP contribution is -2.34. The van der Waals surface area contributed by atoms with Crippen molar-refractivity contribution in [2.45, 2.75) is 25.2 Å². The third-order valence-corrected chi connectivity index (χ3v) is 3.77. The van der Waals surface area contributed by atoms with Gasteiger partial charge in [-0.2, -0.15) is 10.5 Å². The van der Waals surface area contributed by atoms with Gasteiger partial charge in [-0.15, -0.1) is 0 Å². The number of halogens is 2. The zero-order valence-electron chi connectivity index (χ0n) is 11.9. The molecule has 1 aliphatic carbocycles. The second-order valence-electron chi connectivity index (χ2n) is 5.26. The molecular weight excluding hydrogens is 288 g/mol. The number of hydrogen-bond acceptors (Lipinski definition) is 3. The van der Waals surface area contributed by atoms with Crippen molar-refractivity contribution < 1.29 is 13.6 Å². The number of benzene rings is 1. The molecule has 2 rings (SSSR count). The first-order valence-corrected chi connectivity index (χ1v) is 7.06. The molecule has 1 fully saturated rings. The first-order chi connectivity index (χ1) is 10.6. The number of hydrogen-bond donors (Lipinski definition) is 0. The number of carbonyl (C=O) groups is 1. The van der Waals surface area contributed by atoms with Gasteiger partial charge in [-0.1, -0.05) is 6.07 Å². The number of rotatable bonds is 6. The maximum Gasteiger partial charge on any atom is 0.226 e. The van der Waals surface area contributed by atoms with Crippen LogP contribution in [-0.4, -0.2) is 23.9 Å². The molecule has 4 nitrogen and oxygen atoms in total. The van der Waals surface area contributed by atoms with E-state index in [2.05, 4.69) is 0 Å². The second-order valence-corrected chi connectivity index (χ2v) is 5.26. The number of nitrogens with zero attached hydrogens (tertiary/aromatic N) is 3. The average Bonchev–Trinajstić information content (AvgIpc) is 3.27. The molecule has 0 saturated heterocycles. The lowest BCUT2D eigenvalue weighted by molar-refractivity contribution is -0.132. The molecule has 0 aliphatic heterocycles. The Kier molecular flexibility index (Phi) is 5.06. The Hall–Kier alpha value is -2.47. The van der Waals surface area contributed by atoms with Gasteiger partial charge in [-0.3, -0.25) is 4.79 Å². The molecule has 1 aliphatic rings. The molecule has 6 heteroatoms. The van der Waals surface area contributed by atoms with Gasteiger partial charge in [-0.25, -0.2) is 8.78 Å². The van der Waals surface area contributed by atoms with Gasteiger partial charge >= 0.3 is 0 Å². The quantitative estimate of drug-likeness (QED) is 0.811. The summed E-state index contributed by atoms with van der Waals surface area (Å²) >= 11 is 0. The molecule has 0 radical (unpaired) electrons. The highest BCUT2D eigenvalue weighted by atomic mass is 19.1. The molecule has 1 amide bonds. The smallest absolute Gasteiger partial charge is 0.226 e. The van der Waals surface area contributed by atoms with Crippen LogP contribution in [0.3, 0.4) is 0 Å². The van der Waals surface area contributed by atoms with Gasteiger partial charge in [0.25, 0.3) is 0 Å². The summed E-state index contributed by atoms with van der Waals surface area (Å²) in [5.41, 5.74) is 0.347. The Morgan fingerprint density at radius 3 is 2.41 bits per heavy atom. The highest BCUT2D eigenvalue weighted by Gasteiger charge is 2.46. The lowest BCUT2D eigenvalue weighted by Gasteiger charge is -2.20. The van der Waals surface area contributed by atoms with E-state index in [1.54, 1.807) is 0 Å². The lowest BCUT2D eigenvalue weighted by atomic mass is 10.1. The summed E-state index contributed by atoms with van der Waals surface area (Å²) in [6.07, 6.45) is 0.899. The van der Waals surface area contributed by atoms with Crippen LogP contribution in [0.5, 0.6) is 0 Å². The second kappa shape index (κ2) is 7.00. The summed E-state index contributed by atoms with van der Waals surface area (Å²) in [5, 5.41) is 17.3. The maximum absolute atomic E-state index is 13.7. The van der Waals surface area contributed by atoms with E-state index in [1.165, 1.54) is 17.0 Å². The number of nitriles is 2. The zero-order valence-corrected chi connectivity index (χ0v) is 11.9. The third kappa shape index (κ3) is 3.59. The molecule has 1 saturated carbocycles. The van der Waals surface area contributed by atoms with E-state index in [4.69, 9.17) is 10.5 Å². The third-order valence-electron chi connectivity index (χ3n) is 3.77. The number of amides is 1. The van der Waals surface area contributed by atoms with E-state index in [1.807, 2.05) is 12.1 Å². The zero-order chi connectivity index (χ0) is 16.1. The molecule has 0 bridgehead atoms. The van der Waals surface area contributed by atoms with Crippen LogP contribution in [0.25, 0.3) is 0 Å². The Morgan fingerprint density at radius 1 is 1.23 bits per heavy atom. The Labute approximate surface area is 127 Å². The van der Waals surface area contributed by atoms with Crippen molar-refractivity contribution in [3.63, 3.8) is 0 Å². The SMILES string of the molecule is N#CCCN(CCC#N)C(=O)[C@H]1C[C@H]1c1ccc(F)cc1F. The highest BCUT2D eigenvalue weighted by Crippen LogP contribution is 2.49. The minimum absolute atomic E-state index is 0.167. The summed E-state index contributed by atoms with van der Waals surface area (Å²) in [4.78, 5) is 13.9. The molecule has 22 heavy (non-hydrogen) atoms. The van der Waals surface area contributed by atoms with Crippen molar-refractivity contribution in [3.8, 4) is 12.1 Å². The predicted octanol–water partition coefficient (Wildman–Crippen LogP) is 2.72. The molecular formula is C16H15F2N3O. The molecule has 0 heterocycles. The predicted molar refractivity (Wildman–Crippen MR) is 74.2 cm³/mol. The monoisotopic (exact) mass is 303 g/mol. The van der Waals surface area contributed by atoms with Gasteiger partial charge in [0.05, 0.1) is 25.0 Å². The van der Waals surface area contributed by atoms with E-state index in [0.29, 0.717) is 12.0 Å². The molecule has 0 N–H and O–H groups in total. The fourth-order valence-corrected chi connectivity index (χ4v) is 2.55. The summed E-state index contributed by atoms with van der Waals surface area (Å²) < 4.78 is 26.7. The first kappa shape index (κ1) is 15.9. The summed E-state index contributed by atoms with van der Waals surface area (Å²) in [5.74, 6) is -2.05. The van der Waals surface area contributed by atoms with Gasteiger partial charge in [0.2, 0.25) is 5.91 Å². The Bertz CT molecular complexity index is 630. The molecule has 2 atom stereocenters. The van der Waals surface area contributed by atoms with Crippen molar-refractivity contribution >= 4 is 5.91 Å². The van der Waals surface area contributed by atoms with Gasteiger partial charge in [0, 0.05) is 25.1 Å². The van der Waals surface area contributed by atoms with Crippen LogP contribution in [0.15, 0.2) is 18.2 Å². The first-order valence-electron chi connectivity index (χ1n) is 7.06. The van der Waals surface area contributed by atoms with Gasteiger partial charge in [0.1, 0.15) is 11.6 Å². The standard InChI is InChI=1S/C16H15F2N3O/c17-11-3-4-12(15(18)9-11)13-10-14(13)16(22)21(7-1-5-19)8-2-6-20/h3-4,9,13-14H,1-2,7-8,10H2/t13-,14-/m0/s1. The minimum Gasteiger partial charge on any atom is -0.340 e. The summed E-state index contributed by atoms with van der Waals surface area (Å²) in [6, 6.07) is 7.31. The van der Waals surface area contributed by atoms with Crippen molar-refractivity contribution in [2.75, 3.05) is 13.1 Å². The van der Waals surface area contributed by atoms with E-state index in [9.17, 15) is 13.6 Å². The van der Waals surface area contributed by atoms with Gasteiger partial charge in [0.15, 0.2) is 0 Å². The van der Waals surface area contributed by atoms with Crippen LogP contribution in [0, 0.1) is 40.2 Å². The maximum atomic E-state index is 13.7. The van der Waals surface area contributed by atoms with Crippen LogP contribution in [0.1, 0.15) is 30.7 Å². The summed E-state index contributed by atoms with van der Waals surface area (Å²) in [7, 11) is 0. The molecule has 0 aromatic heterocycles. The van der Waals surface area contributed by atoms with Crippen LogP contribution >= 0.6 is 0 Å². The average molecular weight is 303 g/mol. The van der Waals surface area contributed by atoms with Gasteiger partial charge < -0.3 is 4.90 Å². The van der Waals surface area contributed by atoms with E-state index in [0.717, 1.165) is 6.07 Å². The summed E-state index contributed by atoms with van der Waals surface area (Å²) in [6.45, 7) is 0.540. The van der Waals surface area contributed by atoms with Crippen LogP contribution in [0.2, 0.25) is 0 Å². The minimum atomic E-state index is -0.644. The van der Waals surface area contributed by atoms with Gasteiger partial charge in [-0.05, 0) is 24.0 Å². The van der Waals surface area contributed by atoms with Crippen molar-refractivity contribution in [1.82, 2.24) is 4.90 Å². The van der Waals surface area contributed by atoms with Crippen LogP contribution < -0.4 is 0 Å². The molecule has 1 aromatic rings. The van der Waals surface area contributed by atoms with Crippen molar-refractivity contribution in [1.29, 1.82) is 10.5 Å². The largest absolute Gasteiger partial charge is 0.340 e. The van der Waals surface area contributed by atoms with E-state index in [-0.39, 0.29) is 43.7 Å². The van der Waals surface area contributed by atoms with Crippen molar-refractivity contribution in [2.24, 2.45) is 5.92 Å². The van der Waals surface area contributed by atoms with Crippen LogP contribution in [0.4, 0.5) is 8.78 Å². The fourth-order valence-electron chi connectivity index (χ4n) is 2.55. The Balaban J connectivity index is 2.04. The molecule has 0 unspecified atom stereocenters. The van der Waals surface area contributed by atoms with Crippen molar-refractivity contribution in [3.05, 3.63) is 35.4 Å². The fraction of sp³-hybridized carbons (Fsp3) is 0.438. The van der Waals surface area contributed by atoms with E-state index < -0.39 is 11.6 Å². The number of carbonyl (C=O) groups excluding carboxylic acids is 1. The normalized spacial score (nSPS) is 19.1. The molecule has 0 spiro atoms. The topological polar surface area (TPSA) is 67.9 Å². The highest BCUT2D eigenvalue weighted by molar-refractivity contribution is 5.83. The molecule has 1 aromatic carbocycles. The Morgan fingerprint density at radius 2 is 1.86 bits per heavy atom. The van der Waals surface area contributed by atoms with E-state index >= 15 is 0 Å². The molecule has 114 valence electrons. The van der Waals surface area contributed by atoms with Crippen LogP contribution in [-0.2, 0) is 4.79 Å².